The molecule has 0 radical (unpaired) electrons. The summed E-state index contributed by atoms with van der Waals surface area (Å²) in [7, 11) is 0. The summed E-state index contributed by atoms with van der Waals surface area (Å²) in [5.41, 5.74) is 9.04. The molecule has 0 bridgehead atoms. The first-order valence-electron chi connectivity index (χ1n) is 4.15. The van der Waals surface area contributed by atoms with E-state index in [9.17, 15) is 4.79 Å². The van der Waals surface area contributed by atoms with E-state index in [1.54, 1.807) is 0 Å². The first kappa shape index (κ1) is 11.8. The zero-order chi connectivity index (χ0) is 11.3. The summed E-state index contributed by atoms with van der Waals surface area (Å²) < 4.78 is 1.08. The molecule has 0 aliphatic heterocycles. The van der Waals surface area contributed by atoms with Crippen molar-refractivity contribution in [2.75, 3.05) is 0 Å². The average molecular weight is 317 g/mol. The van der Waals surface area contributed by atoms with Crippen LogP contribution < -0.4 is 0 Å². The predicted molar refractivity (Wildman–Crippen MR) is 63.4 cm³/mol. The second-order valence-electron chi connectivity index (χ2n) is 2.89. The van der Waals surface area contributed by atoms with Crippen molar-refractivity contribution in [3.05, 3.63) is 43.8 Å². The first-order chi connectivity index (χ1) is 7.13. The topological polar surface area (TPSA) is 86.1 Å². The molecule has 6 heteroatoms. The van der Waals surface area contributed by atoms with Gasteiger partial charge < -0.3 is 5.11 Å². The van der Waals surface area contributed by atoms with E-state index < -0.39 is 12.0 Å². The molecular weight excluding hydrogens is 309 g/mol. The van der Waals surface area contributed by atoms with Crippen LogP contribution in [-0.4, -0.2) is 17.1 Å². The Morgan fingerprint density at radius 1 is 1.53 bits per heavy atom. The van der Waals surface area contributed by atoms with Gasteiger partial charge >= 0.3 is 5.97 Å². The summed E-state index contributed by atoms with van der Waals surface area (Å²) in [5, 5.41) is 12.0. The SMILES string of the molecule is [N-]=[N+]=N[C@@H](Cc1ccc(I)cc1)C(=O)O. The number of hydrogen-bond donors (Lipinski definition) is 1. The normalized spacial score (nSPS) is 11.5. The van der Waals surface area contributed by atoms with Gasteiger partial charge in [0, 0.05) is 8.48 Å². The Bertz CT molecular complexity index is 396. The van der Waals surface area contributed by atoms with E-state index in [2.05, 4.69) is 32.6 Å². The molecule has 0 heterocycles. The smallest absolute Gasteiger partial charge is 0.312 e. The number of benzene rings is 1. The lowest BCUT2D eigenvalue weighted by Crippen LogP contribution is -2.19. The van der Waals surface area contributed by atoms with Crippen molar-refractivity contribution < 1.29 is 9.90 Å². The van der Waals surface area contributed by atoms with Crippen LogP contribution in [0.25, 0.3) is 10.4 Å². The highest BCUT2D eigenvalue weighted by molar-refractivity contribution is 14.1. The fourth-order valence-electron chi connectivity index (χ4n) is 1.08. The second-order valence-corrected chi connectivity index (χ2v) is 4.14. The van der Waals surface area contributed by atoms with Crippen molar-refractivity contribution >= 4 is 28.6 Å². The Labute approximate surface area is 99.9 Å². The number of nitrogens with zero attached hydrogens (tertiary/aromatic N) is 3. The number of azide groups is 1. The highest BCUT2D eigenvalue weighted by Crippen LogP contribution is 2.10. The number of carboxylic acid groups (broad SMARTS) is 1. The van der Waals surface area contributed by atoms with Crippen molar-refractivity contribution in [2.45, 2.75) is 12.5 Å². The Hall–Kier alpha value is -1.27. The van der Waals surface area contributed by atoms with Crippen LogP contribution in [0.4, 0.5) is 0 Å². The number of carbonyl (C=O) groups is 1. The number of carboxylic acids is 1. The summed E-state index contributed by atoms with van der Waals surface area (Å²) in [4.78, 5) is 13.2. The number of rotatable bonds is 4. The largest absolute Gasteiger partial charge is 0.481 e. The van der Waals surface area contributed by atoms with Gasteiger partial charge in [0.15, 0.2) is 0 Å². The molecule has 15 heavy (non-hydrogen) atoms. The Morgan fingerprint density at radius 3 is 2.60 bits per heavy atom. The van der Waals surface area contributed by atoms with Gasteiger partial charge in [-0.15, -0.1) is 0 Å². The molecule has 1 rings (SSSR count). The molecule has 0 spiro atoms. The molecule has 0 saturated heterocycles. The minimum Gasteiger partial charge on any atom is -0.481 e. The summed E-state index contributed by atoms with van der Waals surface area (Å²) in [6, 6.07) is 6.38. The predicted octanol–water partition coefficient (Wildman–Crippen LogP) is 2.60. The minimum absolute atomic E-state index is 0.219. The summed E-state index contributed by atoms with van der Waals surface area (Å²) >= 11 is 2.16. The third-order valence-electron chi connectivity index (χ3n) is 1.82. The van der Waals surface area contributed by atoms with Gasteiger partial charge in [-0.2, -0.15) is 0 Å². The van der Waals surface area contributed by atoms with Crippen molar-refractivity contribution in [3.63, 3.8) is 0 Å². The second kappa shape index (κ2) is 5.57. The molecule has 1 aromatic carbocycles. The molecule has 0 fully saturated rings. The molecule has 1 N–H and O–H groups in total. The van der Waals surface area contributed by atoms with E-state index in [0.29, 0.717) is 0 Å². The molecule has 0 aliphatic rings. The lowest BCUT2D eigenvalue weighted by molar-refractivity contribution is -0.138. The van der Waals surface area contributed by atoms with Gasteiger partial charge in [-0.05, 0) is 52.2 Å². The van der Waals surface area contributed by atoms with Crippen LogP contribution in [0.1, 0.15) is 5.56 Å². The molecular formula is C9H8IN3O2. The molecule has 0 aliphatic carbocycles. The standard InChI is InChI=1S/C9H8IN3O2/c10-7-3-1-6(2-4-7)5-8(9(14)15)12-13-11/h1-4,8H,5H2,(H,14,15)/t8-/m0/s1. The maximum Gasteiger partial charge on any atom is 0.312 e. The average Bonchev–Trinajstić information content (AvgIpc) is 2.20. The number of hydrogen-bond acceptors (Lipinski definition) is 2. The molecule has 78 valence electrons. The van der Waals surface area contributed by atoms with Crippen LogP contribution in [0.5, 0.6) is 0 Å². The fourth-order valence-corrected chi connectivity index (χ4v) is 1.44. The van der Waals surface area contributed by atoms with Crippen LogP contribution >= 0.6 is 22.6 Å². The highest BCUT2D eigenvalue weighted by Gasteiger charge is 2.15. The number of aliphatic carboxylic acids is 1. The third kappa shape index (κ3) is 3.77. The van der Waals surface area contributed by atoms with E-state index in [-0.39, 0.29) is 6.42 Å². The van der Waals surface area contributed by atoms with Gasteiger partial charge in [0.1, 0.15) is 6.04 Å². The zero-order valence-corrected chi connectivity index (χ0v) is 9.83. The van der Waals surface area contributed by atoms with Gasteiger partial charge in [0.25, 0.3) is 0 Å². The molecule has 0 aromatic heterocycles. The molecule has 0 amide bonds. The minimum atomic E-state index is -1.11. The lowest BCUT2D eigenvalue weighted by Gasteiger charge is -2.05. The zero-order valence-electron chi connectivity index (χ0n) is 7.67. The van der Waals surface area contributed by atoms with E-state index in [1.807, 2.05) is 24.3 Å². The quantitative estimate of drug-likeness (QED) is 0.400. The van der Waals surface area contributed by atoms with Crippen molar-refractivity contribution in [1.29, 1.82) is 0 Å². The van der Waals surface area contributed by atoms with E-state index >= 15 is 0 Å². The van der Waals surface area contributed by atoms with Gasteiger partial charge in [0.2, 0.25) is 0 Å². The monoisotopic (exact) mass is 317 g/mol. The molecule has 0 saturated carbocycles. The van der Waals surface area contributed by atoms with Crippen molar-refractivity contribution in [2.24, 2.45) is 5.11 Å². The van der Waals surface area contributed by atoms with Gasteiger partial charge in [-0.25, -0.2) is 0 Å². The highest BCUT2D eigenvalue weighted by atomic mass is 127. The van der Waals surface area contributed by atoms with Gasteiger partial charge in [-0.3, -0.25) is 4.79 Å². The van der Waals surface area contributed by atoms with Gasteiger partial charge in [0.05, 0.1) is 0 Å². The molecule has 1 atom stereocenters. The van der Waals surface area contributed by atoms with E-state index in [1.165, 1.54) is 0 Å². The summed E-state index contributed by atoms with van der Waals surface area (Å²) in [6.45, 7) is 0. The lowest BCUT2D eigenvalue weighted by atomic mass is 10.1. The van der Waals surface area contributed by atoms with Crippen molar-refractivity contribution in [3.8, 4) is 0 Å². The maximum absolute atomic E-state index is 10.7. The molecule has 1 aromatic rings. The molecule has 5 nitrogen and oxygen atoms in total. The van der Waals surface area contributed by atoms with E-state index in [0.717, 1.165) is 9.13 Å². The Balaban J connectivity index is 2.78. The first-order valence-corrected chi connectivity index (χ1v) is 5.23. The van der Waals surface area contributed by atoms with E-state index in [4.69, 9.17) is 10.6 Å². The fraction of sp³-hybridized carbons (Fsp3) is 0.222. The van der Waals surface area contributed by atoms with Crippen LogP contribution in [0.15, 0.2) is 29.4 Å². The number of halogens is 1. The van der Waals surface area contributed by atoms with Crippen LogP contribution in [0, 0.1) is 3.57 Å². The van der Waals surface area contributed by atoms with Gasteiger partial charge in [-0.1, -0.05) is 17.2 Å². The van der Waals surface area contributed by atoms with Crippen LogP contribution in [-0.2, 0) is 11.2 Å². The third-order valence-corrected chi connectivity index (χ3v) is 2.54. The maximum atomic E-state index is 10.7. The summed E-state index contributed by atoms with van der Waals surface area (Å²) in [5.74, 6) is -1.11. The molecule has 0 unspecified atom stereocenters. The Morgan fingerprint density at radius 2 is 2.13 bits per heavy atom. The van der Waals surface area contributed by atoms with Crippen LogP contribution in [0.2, 0.25) is 0 Å². The summed E-state index contributed by atoms with van der Waals surface area (Å²) in [6.07, 6.45) is 0.219. The Kier molecular flexibility index (Phi) is 4.38. The van der Waals surface area contributed by atoms with Crippen molar-refractivity contribution in [1.82, 2.24) is 0 Å². The van der Waals surface area contributed by atoms with Crippen LogP contribution in [0.3, 0.4) is 0 Å².